The maximum Gasteiger partial charge on any atom is 0.317 e. The van der Waals surface area contributed by atoms with Crippen molar-refractivity contribution in [1.82, 2.24) is 10.2 Å². The third-order valence-electron chi connectivity index (χ3n) is 2.72. The maximum absolute atomic E-state index is 11.7. The van der Waals surface area contributed by atoms with Gasteiger partial charge < -0.3 is 10.2 Å². The molecule has 0 bridgehead atoms. The van der Waals surface area contributed by atoms with Crippen molar-refractivity contribution in [2.75, 3.05) is 26.2 Å². The van der Waals surface area contributed by atoms with Crippen LogP contribution in [-0.2, 0) is 0 Å². The molecule has 0 aliphatic carbocycles. The van der Waals surface area contributed by atoms with Gasteiger partial charge in [0.2, 0.25) is 0 Å². The molecule has 1 unspecified atom stereocenters. The van der Waals surface area contributed by atoms with E-state index >= 15 is 0 Å². The van der Waals surface area contributed by atoms with E-state index in [1.165, 1.54) is 6.42 Å². The lowest BCUT2D eigenvalue weighted by molar-refractivity contribution is 0.170. The van der Waals surface area contributed by atoms with Crippen LogP contribution >= 0.6 is 0 Å². The number of urea groups is 1. The third-order valence-corrected chi connectivity index (χ3v) is 2.72. The topological polar surface area (TPSA) is 81.1 Å². The minimum absolute atomic E-state index is 0.00693. The van der Waals surface area contributed by atoms with Crippen LogP contribution in [0.5, 0.6) is 0 Å². The van der Waals surface area contributed by atoms with E-state index < -0.39 is 0 Å². The largest absolute Gasteiger partial charge is 0.338 e. The van der Waals surface area contributed by atoms with Gasteiger partial charge in [-0.15, -0.1) is 0 Å². The van der Waals surface area contributed by atoms with Crippen LogP contribution in [0.3, 0.4) is 0 Å². The van der Waals surface area contributed by atoms with Gasteiger partial charge in [-0.25, -0.2) is 4.79 Å². The average Bonchev–Trinajstić information content (AvgIpc) is 2.28. The van der Waals surface area contributed by atoms with Gasteiger partial charge in [-0.05, 0) is 30.7 Å². The molecule has 0 aromatic rings. The Bertz CT molecular complexity index is 274. The Morgan fingerprint density at radius 2 is 2.50 bits per heavy atom. The average molecular weight is 225 g/mol. The molecule has 1 atom stereocenters. The van der Waals surface area contributed by atoms with Crippen LogP contribution in [0.15, 0.2) is 5.11 Å². The first-order valence-electron chi connectivity index (χ1n) is 5.77. The second-order valence-corrected chi connectivity index (χ2v) is 4.23. The summed E-state index contributed by atoms with van der Waals surface area (Å²) >= 11 is 0. The monoisotopic (exact) mass is 225 g/mol. The van der Waals surface area contributed by atoms with Crippen molar-refractivity contribution < 1.29 is 4.79 Å². The van der Waals surface area contributed by atoms with Gasteiger partial charge in [-0.1, -0.05) is 12.0 Å². The van der Waals surface area contributed by atoms with Crippen molar-refractivity contribution in [2.24, 2.45) is 11.0 Å². The molecule has 1 N–H and O–H groups in total. The van der Waals surface area contributed by atoms with E-state index in [0.717, 1.165) is 19.5 Å². The van der Waals surface area contributed by atoms with E-state index in [1.54, 1.807) is 0 Å². The zero-order chi connectivity index (χ0) is 11.8. The highest BCUT2D eigenvalue weighted by molar-refractivity contribution is 5.74. The lowest BCUT2D eigenvalue weighted by Gasteiger charge is -2.30. The number of azide groups is 1. The normalized spacial score (nSPS) is 20.1. The minimum atomic E-state index is 0.00693. The highest BCUT2D eigenvalue weighted by Crippen LogP contribution is 2.14. The quantitative estimate of drug-likeness (QED) is 0.338. The van der Waals surface area contributed by atoms with Gasteiger partial charge in [0.25, 0.3) is 0 Å². The first-order chi connectivity index (χ1) is 7.74. The second kappa shape index (κ2) is 6.95. The summed E-state index contributed by atoms with van der Waals surface area (Å²) in [6.07, 6.45) is 2.99. The number of hydrogen-bond acceptors (Lipinski definition) is 2. The molecule has 90 valence electrons. The number of carbonyl (C=O) groups is 1. The molecule has 1 fully saturated rings. The molecule has 1 aliphatic heterocycles. The number of hydrogen-bond donors (Lipinski definition) is 1. The fourth-order valence-corrected chi connectivity index (χ4v) is 1.88. The number of amides is 2. The molecule has 0 aromatic carbocycles. The molecular formula is C10H19N5O. The first-order valence-corrected chi connectivity index (χ1v) is 5.77. The zero-order valence-corrected chi connectivity index (χ0v) is 9.72. The predicted octanol–water partition coefficient (Wildman–Crippen LogP) is 2.13. The fraction of sp³-hybridized carbons (Fsp3) is 0.900. The molecule has 1 heterocycles. The Morgan fingerprint density at radius 1 is 1.69 bits per heavy atom. The summed E-state index contributed by atoms with van der Waals surface area (Å²) < 4.78 is 0. The molecule has 6 nitrogen and oxygen atoms in total. The van der Waals surface area contributed by atoms with Crippen LogP contribution in [0.25, 0.3) is 10.4 Å². The maximum atomic E-state index is 11.7. The van der Waals surface area contributed by atoms with E-state index in [0.29, 0.717) is 25.4 Å². The molecule has 2 amide bonds. The standard InChI is InChI=1S/C10H19N5O/c1-9-4-2-7-15(8-9)10(16)12-5-3-6-13-14-11/h9H,2-8H2,1H3,(H,12,16). The summed E-state index contributed by atoms with van der Waals surface area (Å²) in [7, 11) is 0. The first kappa shape index (κ1) is 12.6. The highest BCUT2D eigenvalue weighted by atomic mass is 16.2. The Kier molecular flexibility index (Phi) is 5.50. The van der Waals surface area contributed by atoms with Gasteiger partial charge in [0.05, 0.1) is 0 Å². The van der Waals surface area contributed by atoms with Crippen molar-refractivity contribution in [2.45, 2.75) is 26.2 Å². The third kappa shape index (κ3) is 4.40. The van der Waals surface area contributed by atoms with E-state index in [2.05, 4.69) is 22.3 Å². The Labute approximate surface area is 95.6 Å². The molecular weight excluding hydrogens is 206 g/mol. The Morgan fingerprint density at radius 3 is 3.19 bits per heavy atom. The van der Waals surface area contributed by atoms with Crippen molar-refractivity contribution in [3.8, 4) is 0 Å². The van der Waals surface area contributed by atoms with E-state index in [-0.39, 0.29) is 6.03 Å². The van der Waals surface area contributed by atoms with Gasteiger partial charge in [0.1, 0.15) is 0 Å². The summed E-state index contributed by atoms with van der Waals surface area (Å²) in [5.41, 5.74) is 8.07. The van der Waals surface area contributed by atoms with Crippen LogP contribution < -0.4 is 5.32 Å². The molecule has 0 aromatic heterocycles. The smallest absolute Gasteiger partial charge is 0.317 e. The fourth-order valence-electron chi connectivity index (χ4n) is 1.88. The van der Waals surface area contributed by atoms with Crippen molar-refractivity contribution in [3.63, 3.8) is 0 Å². The molecule has 6 heteroatoms. The van der Waals surface area contributed by atoms with Crippen LogP contribution in [0.1, 0.15) is 26.2 Å². The molecule has 0 spiro atoms. The molecule has 1 aliphatic rings. The van der Waals surface area contributed by atoms with Crippen LogP contribution in [0.2, 0.25) is 0 Å². The molecule has 0 saturated carbocycles. The number of nitrogens with one attached hydrogen (secondary N) is 1. The van der Waals surface area contributed by atoms with Gasteiger partial charge in [-0.2, -0.15) is 0 Å². The lowest BCUT2D eigenvalue weighted by atomic mass is 10.0. The van der Waals surface area contributed by atoms with Gasteiger partial charge in [0.15, 0.2) is 0 Å². The van der Waals surface area contributed by atoms with Crippen molar-refractivity contribution >= 4 is 6.03 Å². The number of nitrogens with zero attached hydrogens (tertiary/aromatic N) is 4. The minimum Gasteiger partial charge on any atom is -0.338 e. The van der Waals surface area contributed by atoms with Crippen molar-refractivity contribution in [1.29, 1.82) is 0 Å². The highest BCUT2D eigenvalue weighted by Gasteiger charge is 2.19. The number of piperidine rings is 1. The summed E-state index contributed by atoms with van der Waals surface area (Å²) in [6.45, 7) is 4.88. The summed E-state index contributed by atoms with van der Waals surface area (Å²) in [5.74, 6) is 0.600. The molecule has 0 radical (unpaired) electrons. The number of likely N-dealkylation sites (tertiary alicyclic amines) is 1. The lowest BCUT2D eigenvalue weighted by Crippen LogP contribution is -2.45. The molecule has 1 rings (SSSR count). The predicted molar refractivity (Wildman–Crippen MR) is 62.0 cm³/mol. The molecule has 1 saturated heterocycles. The SMILES string of the molecule is CC1CCCN(C(=O)NCCCN=[N+]=[N-])C1. The summed E-state index contributed by atoms with van der Waals surface area (Å²) in [5, 5.41) is 6.24. The molecule has 16 heavy (non-hydrogen) atoms. The van der Waals surface area contributed by atoms with Crippen LogP contribution in [0, 0.1) is 5.92 Å². The van der Waals surface area contributed by atoms with E-state index in [9.17, 15) is 4.79 Å². The van der Waals surface area contributed by atoms with Gasteiger partial charge >= 0.3 is 6.03 Å². The second-order valence-electron chi connectivity index (χ2n) is 4.23. The van der Waals surface area contributed by atoms with Crippen molar-refractivity contribution in [3.05, 3.63) is 10.4 Å². The van der Waals surface area contributed by atoms with Crippen LogP contribution in [-0.4, -0.2) is 37.1 Å². The summed E-state index contributed by atoms with van der Waals surface area (Å²) in [6, 6.07) is 0.00693. The zero-order valence-electron chi connectivity index (χ0n) is 9.72. The van der Waals surface area contributed by atoms with E-state index in [4.69, 9.17) is 5.53 Å². The summed E-state index contributed by atoms with van der Waals surface area (Å²) in [4.78, 5) is 16.2. The van der Waals surface area contributed by atoms with Gasteiger partial charge in [-0.3, -0.25) is 0 Å². The van der Waals surface area contributed by atoms with E-state index in [1.807, 2.05) is 4.90 Å². The Balaban J connectivity index is 2.16. The number of rotatable bonds is 4. The number of carbonyl (C=O) groups excluding carboxylic acids is 1. The van der Waals surface area contributed by atoms with Gasteiger partial charge in [0, 0.05) is 31.1 Å². The van der Waals surface area contributed by atoms with Crippen LogP contribution in [0.4, 0.5) is 4.79 Å². The Hall–Kier alpha value is -1.42.